The molecule has 21 nitrogen and oxygen atoms in total. The van der Waals surface area contributed by atoms with Crippen molar-refractivity contribution in [3.05, 3.63) is 29.3 Å². The van der Waals surface area contributed by atoms with Gasteiger partial charge in [-0.2, -0.15) is 4.98 Å². The Morgan fingerprint density at radius 3 is 2.76 bits per heavy atom. The summed E-state index contributed by atoms with van der Waals surface area (Å²) in [5.41, 5.74) is 10.7. The summed E-state index contributed by atoms with van der Waals surface area (Å²) < 4.78 is 64.1. The van der Waals surface area contributed by atoms with Crippen LogP contribution in [0.4, 0.5) is 11.8 Å². The van der Waals surface area contributed by atoms with E-state index in [9.17, 15) is 23.9 Å². The molecular formula is C23H27N10O11P2+. The third-order valence-electron chi connectivity index (χ3n) is 9.10. The van der Waals surface area contributed by atoms with Crippen LogP contribution in [0.15, 0.2) is 23.8 Å². The van der Waals surface area contributed by atoms with Gasteiger partial charge in [0.15, 0.2) is 35.0 Å². The predicted octanol–water partition coefficient (Wildman–Crippen LogP) is -0.467. The predicted molar refractivity (Wildman–Crippen MR) is 152 cm³/mol. The highest BCUT2D eigenvalue weighted by Gasteiger charge is 2.74. The van der Waals surface area contributed by atoms with Crippen LogP contribution in [0.1, 0.15) is 18.7 Å². The van der Waals surface area contributed by atoms with Crippen LogP contribution in [-0.2, 0) is 36.7 Å². The van der Waals surface area contributed by atoms with Gasteiger partial charge in [-0.05, 0) is 12.3 Å². The molecule has 46 heavy (non-hydrogen) atoms. The van der Waals surface area contributed by atoms with E-state index >= 15 is 0 Å². The minimum absolute atomic E-state index is 0.0392. The maximum absolute atomic E-state index is 13.4. The number of phosphoric acid groups is 1. The highest BCUT2D eigenvalue weighted by molar-refractivity contribution is 7.47. The maximum Gasteiger partial charge on any atom is 0.697 e. The van der Waals surface area contributed by atoms with Gasteiger partial charge in [0.05, 0.1) is 25.3 Å². The van der Waals surface area contributed by atoms with Crippen LogP contribution in [0.2, 0.25) is 0 Å². The van der Waals surface area contributed by atoms with Gasteiger partial charge in [-0.1, -0.05) is 0 Å². The number of H-pyrrole nitrogens is 1. The Kier molecular flexibility index (Phi) is 6.83. The lowest BCUT2D eigenvalue weighted by Crippen LogP contribution is -2.38. The molecule has 4 aliphatic rings. The van der Waals surface area contributed by atoms with E-state index in [1.807, 2.05) is 0 Å². The van der Waals surface area contributed by atoms with Gasteiger partial charge in [0, 0.05) is 17.1 Å². The van der Waals surface area contributed by atoms with Gasteiger partial charge < -0.3 is 35.5 Å². The molecule has 23 heteroatoms. The second-order valence-electron chi connectivity index (χ2n) is 11.5. The van der Waals surface area contributed by atoms with Crippen molar-refractivity contribution < 1.29 is 46.7 Å². The standard InChI is InChI=1S/C23H26N10O11P2/c1-39-14-9-3-41-46(37,38)44-16-13(34)12(32-6-28-10-17(24)26-5-27-18(10)32)8-2-23(8,16)4-40-45(36)43-15(14)21(42-9)33-7-29-11-19(33)30-22(25)31-20(11)35/h5-9,12-16,21,34H,2-4H2,1H3,(H5-,24,25,26,27,30,31,35,37,38)/p+1/t8-,9-,12-,13+,14-,15-,16+,21-,23+/m1/s1. The van der Waals surface area contributed by atoms with Gasteiger partial charge in [-0.3, -0.25) is 23.4 Å². The monoisotopic (exact) mass is 681 g/mol. The number of anilines is 2. The summed E-state index contributed by atoms with van der Waals surface area (Å²) in [4.78, 5) is 46.3. The van der Waals surface area contributed by atoms with Crippen molar-refractivity contribution in [3.63, 3.8) is 0 Å². The molecule has 244 valence electrons. The first kappa shape index (κ1) is 29.9. The van der Waals surface area contributed by atoms with Crippen molar-refractivity contribution in [2.45, 2.75) is 49.2 Å². The summed E-state index contributed by atoms with van der Waals surface area (Å²) >= 11 is 0. The SMILES string of the molecule is CO[C@H]1[C@H]2O[P+](=O)OC[C@@]34C[C@@H]3[C@@H](n3cnc5c(N)ncnc53)[C@H](O)[C@@H]4OP(=O)(O)OC[C@H]1O[C@H]2n1cnc2c(=O)[nH]c(N)nc21. The number of aromatic nitrogens is 8. The lowest BCUT2D eigenvalue weighted by atomic mass is 10.0. The van der Waals surface area contributed by atoms with Gasteiger partial charge in [0.1, 0.15) is 42.9 Å². The topological polar surface area (TPSA) is 289 Å². The largest absolute Gasteiger partial charge is 0.697 e. The normalized spacial score (nSPS) is 38.6. The van der Waals surface area contributed by atoms with Crippen molar-refractivity contribution in [2.24, 2.45) is 11.3 Å². The minimum atomic E-state index is -4.88. The number of aromatic amines is 1. The zero-order valence-corrected chi connectivity index (χ0v) is 25.5. The molecule has 4 aromatic rings. The van der Waals surface area contributed by atoms with Crippen LogP contribution in [0.3, 0.4) is 0 Å². The number of methoxy groups -OCH3 is 1. The molecule has 2 saturated heterocycles. The second-order valence-corrected chi connectivity index (χ2v) is 13.8. The number of nitrogens with one attached hydrogen (secondary N) is 1. The number of nitrogens with zero attached hydrogens (tertiary/aromatic N) is 7. The smallest absolute Gasteiger partial charge is 0.388 e. The number of rotatable bonds is 3. The number of aliphatic hydroxyl groups is 1. The van der Waals surface area contributed by atoms with Crippen molar-refractivity contribution in [3.8, 4) is 0 Å². The summed E-state index contributed by atoms with van der Waals surface area (Å²) in [6.07, 6.45) is -2.74. The molecule has 1 spiro atoms. The van der Waals surface area contributed by atoms with Crippen LogP contribution >= 0.6 is 16.1 Å². The number of imidazole rings is 2. The number of nitrogen functional groups attached to an aromatic ring is 2. The zero-order valence-electron chi connectivity index (χ0n) is 23.7. The number of hydrogen-bond acceptors (Lipinski definition) is 17. The lowest BCUT2D eigenvalue weighted by molar-refractivity contribution is -0.0655. The van der Waals surface area contributed by atoms with E-state index < -0.39 is 76.4 Å². The number of phosphoric ester groups is 1. The molecule has 2 aliphatic carbocycles. The quantitative estimate of drug-likeness (QED) is 0.171. The van der Waals surface area contributed by atoms with Crippen molar-refractivity contribution in [1.82, 2.24) is 39.0 Å². The van der Waals surface area contributed by atoms with E-state index in [4.69, 9.17) is 39.0 Å². The van der Waals surface area contributed by atoms with E-state index in [-0.39, 0.29) is 35.5 Å². The first-order chi connectivity index (χ1) is 22.0. The first-order valence-corrected chi connectivity index (χ1v) is 16.5. The van der Waals surface area contributed by atoms with Crippen LogP contribution < -0.4 is 17.0 Å². The number of fused-ring (bicyclic) bond motifs is 4. The highest BCUT2D eigenvalue weighted by Crippen LogP contribution is 2.71. The summed E-state index contributed by atoms with van der Waals surface area (Å²) in [6, 6.07) is -0.723. The number of ether oxygens (including phenoxy) is 2. The number of aliphatic hydroxyl groups excluding tert-OH is 1. The van der Waals surface area contributed by atoms with Crippen LogP contribution in [0.25, 0.3) is 22.3 Å². The Balaban J connectivity index is 1.13. The van der Waals surface area contributed by atoms with E-state index in [1.54, 1.807) is 4.57 Å². The molecule has 4 aromatic heterocycles. The van der Waals surface area contributed by atoms with Crippen LogP contribution in [-0.4, -0.2) is 99.9 Å². The fourth-order valence-corrected chi connectivity index (χ4v) is 8.84. The third kappa shape index (κ3) is 4.50. The van der Waals surface area contributed by atoms with Gasteiger partial charge >= 0.3 is 16.1 Å². The van der Waals surface area contributed by atoms with Crippen LogP contribution in [0.5, 0.6) is 0 Å². The highest BCUT2D eigenvalue weighted by atomic mass is 31.2. The van der Waals surface area contributed by atoms with Crippen molar-refractivity contribution >= 4 is 50.2 Å². The number of nitrogens with two attached hydrogens (primary N) is 2. The summed E-state index contributed by atoms with van der Waals surface area (Å²) in [5.74, 6) is -0.413. The van der Waals surface area contributed by atoms with E-state index in [1.165, 1.54) is 30.7 Å². The molecule has 0 amide bonds. The lowest BCUT2D eigenvalue weighted by Gasteiger charge is -2.29. The van der Waals surface area contributed by atoms with E-state index in [0.717, 1.165) is 0 Å². The summed E-state index contributed by atoms with van der Waals surface area (Å²) in [7, 11) is -6.43. The first-order valence-electron chi connectivity index (χ1n) is 14.0. The Bertz CT molecular complexity index is 1990. The molecule has 2 saturated carbocycles. The molecule has 2 bridgehead atoms. The fraction of sp³-hybridized carbons (Fsp3) is 0.565. The molecule has 11 atom stereocenters. The second kappa shape index (κ2) is 10.5. The minimum Gasteiger partial charge on any atom is -0.388 e. The van der Waals surface area contributed by atoms with Crippen molar-refractivity contribution in [2.75, 3.05) is 31.8 Å². The molecular weight excluding hydrogens is 654 g/mol. The Morgan fingerprint density at radius 1 is 1.17 bits per heavy atom. The molecule has 4 fully saturated rings. The molecule has 0 radical (unpaired) electrons. The van der Waals surface area contributed by atoms with E-state index in [2.05, 4.69) is 29.9 Å². The maximum atomic E-state index is 13.4. The molecule has 2 unspecified atom stereocenters. The third-order valence-corrected chi connectivity index (χ3v) is 10.8. The molecule has 6 heterocycles. The average Bonchev–Trinajstić information content (AvgIpc) is 3.32. The average molecular weight is 681 g/mol. The molecule has 0 aromatic carbocycles. The molecule has 8 rings (SSSR count). The van der Waals surface area contributed by atoms with Gasteiger partial charge in [0.25, 0.3) is 5.56 Å². The summed E-state index contributed by atoms with van der Waals surface area (Å²) in [6.45, 7) is -0.830. The van der Waals surface area contributed by atoms with E-state index in [0.29, 0.717) is 17.6 Å². The molecule has 7 N–H and O–H groups in total. The molecule has 2 aliphatic heterocycles. The van der Waals surface area contributed by atoms with Crippen LogP contribution in [0, 0.1) is 11.3 Å². The van der Waals surface area contributed by atoms with Gasteiger partial charge in [0.2, 0.25) is 5.95 Å². The Labute approximate surface area is 257 Å². The Hall–Kier alpha value is -3.49. The van der Waals surface area contributed by atoms with Gasteiger partial charge in [-0.15, -0.1) is 9.05 Å². The summed E-state index contributed by atoms with van der Waals surface area (Å²) in [5, 5.41) is 11.5. The van der Waals surface area contributed by atoms with Gasteiger partial charge in [-0.25, -0.2) is 24.5 Å². The number of hydrogen-bond donors (Lipinski definition) is 5. The Morgan fingerprint density at radius 2 is 1.96 bits per heavy atom. The fourth-order valence-electron chi connectivity index (χ4n) is 6.99. The van der Waals surface area contributed by atoms with Crippen molar-refractivity contribution in [1.29, 1.82) is 0 Å². The zero-order chi connectivity index (χ0) is 32.1.